The number of carbonyl (C=O) groups is 3. The molecule has 2 aliphatic rings. The van der Waals surface area contributed by atoms with Gasteiger partial charge in [0.05, 0.1) is 16.7 Å². The van der Waals surface area contributed by atoms with Gasteiger partial charge in [-0.05, 0) is 55.3 Å². The van der Waals surface area contributed by atoms with Gasteiger partial charge in [-0.2, -0.15) is 5.26 Å². The number of amides is 2. The summed E-state index contributed by atoms with van der Waals surface area (Å²) in [5.74, 6) is 0.168. The molecule has 204 valence electrons. The number of carbonyl (C=O) groups excluding carboxylic acids is 3. The monoisotopic (exact) mass is 539 g/mol. The zero-order valence-electron chi connectivity index (χ0n) is 22.4. The lowest BCUT2D eigenvalue weighted by atomic mass is 10.0. The molecule has 2 fully saturated rings. The van der Waals surface area contributed by atoms with Crippen molar-refractivity contribution in [1.82, 2.24) is 9.88 Å². The summed E-state index contributed by atoms with van der Waals surface area (Å²) in [7, 11) is 0. The maximum absolute atomic E-state index is 13.4. The number of benzene rings is 2. The van der Waals surface area contributed by atoms with Crippen LogP contribution in [0.15, 0.2) is 60.8 Å². The Bertz CT molecular complexity index is 1480. The Labute approximate surface area is 232 Å². The Kier molecular flexibility index (Phi) is 7.64. The van der Waals surface area contributed by atoms with Gasteiger partial charge in [0.25, 0.3) is 5.91 Å². The van der Waals surface area contributed by atoms with Gasteiger partial charge in [-0.1, -0.05) is 24.3 Å². The third kappa shape index (κ3) is 5.45. The van der Waals surface area contributed by atoms with Crippen LogP contribution >= 0.6 is 0 Å². The van der Waals surface area contributed by atoms with Crippen LogP contribution in [0.25, 0.3) is 0 Å². The maximum atomic E-state index is 13.4. The predicted molar refractivity (Wildman–Crippen MR) is 147 cm³/mol. The molecule has 0 N–H and O–H groups in total. The van der Waals surface area contributed by atoms with E-state index in [2.05, 4.69) is 22.0 Å². The van der Waals surface area contributed by atoms with Crippen LogP contribution in [0.2, 0.25) is 0 Å². The zero-order chi connectivity index (χ0) is 28.2. The Morgan fingerprint density at radius 3 is 2.52 bits per heavy atom. The van der Waals surface area contributed by atoms with Crippen molar-refractivity contribution in [2.75, 3.05) is 49.2 Å². The third-order valence-corrected chi connectivity index (χ3v) is 7.06. The molecular weight excluding hydrogens is 510 g/mol. The number of aryl methyl sites for hydroxylation is 2. The average Bonchev–Trinajstić information content (AvgIpc) is 3.35. The van der Waals surface area contributed by atoms with Crippen molar-refractivity contribution in [3.05, 3.63) is 88.6 Å². The molecule has 2 amide bonds. The van der Waals surface area contributed by atoms with Gasteiger partial charge in [0.2, 0.25) is 0 Å². The molecule has 3 heterocycles. The molecule has 1 atom stereocenters. The van der Waals surface area contributed by atoms with E-state index in [0.717, 1.165) is 16.9 Å². The molecule has 5 rings (SSSR count). The normalized spacial score (nSPS) is 16.9. The molecular formula is C30H29N5O5. The minimum absolute atomic E-state index is 0.0308. The van der Waals surface area contributed by atoms with E-state index in [-0.39, 0.29) is 30.2 Å². The van der Waals surface area contributed by atoms with E-state index >= 15 is 0 Å². The van der Waals surface area contributed by atoms with E-state index in [4.69, 9.17) is 9.47 Å². The minimum atomic E-state index is -0.611. The Morgan fingerprint density at radius 2 is 1.82 bits per heavy atom. The Morgan fingerprint density at radius 1 is 1.07 bits per heavy atom. The van der Waals surface area contributed by atoms with Crippen molar-refractivity contribution in [2.24, 2.45) is 0 Å². The van der Waals surface area contributed by atoms with Gasteiger partial charge in [0, 0.05) is 38.1 Å². The maximum Gasteiger partial charge on any atom is 0.414 e. The number of rotatable bonds is 6. The highest BCUT2D eigenvalue weighted by molar-refractivity contribution is 5.98. The van der Waals surface area contributed by atoms with Crippen LogP contribution in [-0.4, -0.2) is 73.3 Å². The van der Waals surface area contributed by atoms with E-state index in [1.807, 2.05) is 20.0 Å². The highest BCUT2D eigenvalue weighted by atomic mass is 16.6. The molecule has 2 saturated heterocycles. The molecule has 3 aromatic rings. The molecule has 0 unspecified atom stereocenters. The fourth-order valence-electron chi connectivity index (χ4n) is 5.02. The fraction of sp³-hybridized carbons (Fsp3) is 0.300. The van der Waals surface area contributed by atoms with Crippen LogP contribution in [-0.2, 0) is 9.47 Å². The number of cyclic esters (lactones) is 1. The van der Waals surface area contributed by atoms with Crippen LogP contribution < -0.4 is 9.80 Å². The summed E-state index contributed by atoms with van der Waals surface area (Å²) in [6, 6.07) is 16.9. The van der Waals surface area contributed by atoms with Crippen molar-refractivity contribution in [2.45, 2.75) is 19.9 Å². The Balaban J connectivity index is 1.26. The standard InChI is InChI=1S/C30H29N5O5/c1-20-14-21(2)27(32-17-20)33-10-12-34(13-11-33)28(36)26-9-8-24(15-23(26)16-31)35-25(19-40-30(35)38)18-39-29(37)22-6-4-3-5-7-22/h3-9,14-15,17,25H,10-13,18-19H2,1-2H3/t25-/m1/s1. The van der Waals surface area contributed by atoms with Crippen molar-refractivity contribution in [3.63, 3.8) is 0 Å². The molecule has 0 radical (unpaired) electrons. The molecule has 2 aromatic carbocycles. The second-order valence-electron chi connectivity index (χ2n) is 9.84. The van der Waals surface area contributed by atoms with Gasteiger partial charge < -0.3 is 19.3 Å². The van der Waals surface area contributed by atoms with E-state index in [9.17, 15) is 19.6 Å². The quantitative estimate of drug-likeness (QED) is 0.436. The number of nitriles is 1. The molecule has 0 bridgehead atoms. The SMILES string of the molecule is Cc1cnc(N2CCN(C(=O)c3ccc(N4C(=O)OC[C@H]4COC(=O)c4ccccc4)cc3C#N)CC2)c(C)c1. The summed E-state index contributed by atoms with van der Waals surface area (Å²) in [6.07, 6.45) is 1.23. The number of esters is 1. The van der Waals surface area contributed by atoms with Crippen molar-refractivity contribution in [3.8, 4) is 6.07 Å². The van der Waals surface area contributed by atoms with Crippen LogP contribution in [0.3, 0.4) is 0 Å². The van der Waals surface area contributed by atoms with Gasteiger partial charge in [-0.25, -0.2) is 14.6 Å². The lowest BCUT2D eigenvalue weighted by Gasteiger charge is -2.36. The molecule has 0 saturated carbocycles. The summed E-state index contributed by atoms with van der Waals surface area (Å²) in [6.45, 7) is 6.23. The smallest absolute Gasteiger partial charge is 0.414 e. The molecule has 40 heavy (non-hydrogen) atoms. The number of ether oxygens (including phenoxy) is 2. The summed E-state index contributed by atoms with van der Waals surface area (Å²) >= 11 is 0. The number of pyridine rings is 1. The van der Waals surface area contributed by atoms with Crippen LogP contribution in [0, 0.1) is 25.2 Å². The molecule has 10 nitrogen and oxygen atoms in total. The van der Waals surface area contributed by atoms with E-state index in [1.165, 1.54) is 11.0 Å². The summed E-state index contributed by atoms with van der Waals surface area (Å²) in [5, 5.41) is 9.87. The molecule has 0 spiro atoms. The molecule has 10 heteroatoms. The minimum Gasteiger partial charge on any atom is -0.460 e. The van der Waals surface area contributed by atoms with Crippen LogP contribution in [0.5, 0.6) is 0 Å². The average molecular weight is 540 g/mol. The summed E-state index contributed by atoms with van der Waals surface area (Å²) in [4.78, 5) is 48.1. The van der Waals surface area contributed by atoms with Crippen LogP contribution in [0.4, 0.5) is 16.3 Å². The third-order valence-electron chi connectivity index (χ3n) is 7.06. The van der Waals surface area contributed by atoms with Crippen LogP contribution in [0.1, 0.15) is 37.4 Å². The van der Waals surface area contributed by atoms with Crippen molar-refractivity contribution >= 4 is 29.5 Å². The second-order valence-corrected chi connectivity index (χ2v) is 9.84. The topological polar surface area (TPSA) is 116 Å². The van der Waals surface area contributed by atoms with E-state index in [1.54, 1.807) is 47.4 Å². The highest BCUT2D eigenvalue weighted by Gasteiger charge is 2.36. The first-order chi connectivity index (χ1) is 19.4. The molecule has 1 aromatic heterocycles. The number of piperazine rings is 1. The largest absolute Gasteiger partial charge is 0.460 e. The summed E-state index contributed by atoms with van der Waals surface area (Å²) < 4.78 is 10.6. The van der Waals surface area contributed by atoms with Gasteiger partial charge in [-0.15, -0.1) is 0 Å². The number of nitrogens with zero attached hydrogens (tertiary/aromatic N) is 5. The number of hydrogen-bond acceptors (Lipinski definition) is 8. The fourth-order valence-corrected chi connectivity index (χ4v) is 5.02. The lowest BCUT2D eigenvalue weighted by Crippen LogP contribution is -2.49. The molecule has 2 aliphatic heterocycles. The van der Waals surface area contributed by atoms with Gasteiger partial charge >= 0.3 is 12.1 Å². The number of hydrogen-bond donors (Lipinski definition) is 0. The summed E-state index contributed by atoms with van der Waals surface area (Å²) in [5.41, 5.74) is 3.41. The number of anilines is 2. The highest BCUT2D eigenvalue weighted by Crippen LogP contribution is 2.27. The van der Waals surface area contributed by atoms with E-state index < -0.39 is 18.1 Å². The Hall–Kier alpha value is -4.91. The van der Waals surface area contributed by atoms with Gasteiger partial charge in [0.15, 0.2) is 0 Å². The first-order valence-corrected chi connectivity index (χ1v) is 13.1. The van der Waals surface area contributed by atoms with Gasteiger partial charge in [0.1, 0.15) is 31.1 Å². The predicted octanol–water partition coefficient (Wildman–Crippen LogP) is 3.71. The van der Waals surface area contributed by atoms with E-state index in [0.29, 0.717) is 37.4 Å². The second kappa shape index (κ2) is 11.5. The lowest BCUT2D eigenvalue weighted by molar-refractivity contribution is 0.0475. The van der Waals surface area contributed by atoms with Crippen molar-refractivity contribution in [1.29, 1.82) is 5.26 Å². The first-order valence-electron chi connectivity index (χ1n) is 13.1. The first kappa shape index (κ1) is 26.7. The number of aromatic nitrogens is 1. The molecule has 0 aliphatic carbocycles. The zero-order valence-corrected chi connectivity index (χ0v) is 22.4. The van der Waals surface area contributed by atoms with Gasteiger partial charge in [-0.3, -0.25) is 9.69 Å². The van der Waals surface area contributed by atoms with Crippen molar-refractivity contribution < 1.29 is 23.9 Å².